The van der Waals surface area contributed by atoms with Crippen molar-refractivity contribution >= 4 is 33.9 Å². The van der Waals surface area contributed by atoms with E-state index in [1.807, 2.05) is 30.5 Å². The number of thioether (sulfide) groups is 1. The normalized spacial score (nSPS) is 11.8. The summed E-state index contributed by atoms with van der Waals surface area (Å²) in [4.78, 5) is 13.2. The van der Waals surface area contributed by atoms with Crippen LogP contribution in [-0.4, -0.2) is 51.8 Å². The molecule has 0 bridgehead atoms. The van der Waals surface area contributed by atoms with Gasteiger partial charge in [0.15, 0.2) is 0 Å². The summed E-state index contributed by atoms with van der Waals surface area (Å²) in [6.45, 7) is 1.41. The van der Waals surface area contributed by atoms with E-state index >= 15 is 0 Å². The molecule has 0 aliphatic carbocycles. The minimum absolute atomic E-state index is 0.0164. The summed E-state index contributed by atoms with van der Waals surface area (Å²) in [5.74, 6) is -0.320. The van der Waals surface area contributed by atoms with Crippen LogP contribution in [0, 0.1) is 6.92 Å². The van der Waals surface area contributed by atoms with E-state index in [2.05, 4.69) is 10.5 Å². The molecule has 28 heavy (non-hydrogen) atoms. The van der Waals surface area contributed by atoms with Crippen LogP contribution >= 0.6 is 11.8 Å². The average molecular weight is 422 g/mol. The van der Waals surface area contributed by atoms with E-state index in [0.717, 1.165) is 20.3 Å². The number of hydrogen-bond acceptors (Lipinski definition) is 6. The highest BCUT2D eigenvalue weighted by Crippen LogP contribution is 2.27. The second-order valence-electron chi connectivity index (χ2n) is 5.98. The Bertz CT molecular complexity index is 958. The molecule has 0 aliphatic heterocycles. The van der Waals surface area contributed by atoms with Gasteiger partial charge in [-0.2, -0.15) is 9.41 Å². The Morgan fingerprint density at radius 1 is 1.25 bits per heavy atom. The number of methoxy groups -OCH3 is 1. The van der Waals surface area contributed by atoms with Crippen LogP contribution in [0.1, 0.15) is 11.1 Å². The zero-order valence-electron chi connectivity index (χ0n) is 16.2. The maximum atomic E-state index is 12.8. The van der Waals surface area contributed by atoms with E-state index in [4.69, 9.17) is 4.74 Å². The first-order valence-electron chi connectivity index (χ1n) is 8.35. The molecule has 0 unspecified atom stereocenters. The zero-order valence-corrected chi connectivity index (χ0v) is 17.8. The zero-order chi connectivity index (χ0) is 20.7. The van der Waals surface area contributed by atoms with Crippen molar-refractivity contribution in [1.82, 2.24) is 9.73 Å². The van der Waals surface area contributed by atoms with Gasteiger partial charge in [-0.3, -0.25) is 4.79 Å². The Morgan fingerprint density at radius 3 is 2.54 bits per heavy atom. The van der Waals surface area contributed by atoms with Gasteiger partial charge in [0, 0.05) is 11.9 Å². The first kappa shape index (κ1) is 21.9. The lowest BCUT2D eigenvalue weighted by Crippen LogP contribution is -2.36. The Balaban J connectivity index is 2.02. The van der Waals surface area contributed by atoms with Gasteiger partial charge >= 0.3 is 0 Å². The number of hydrogen-bond donors (Lipinski definition) is 1. The lowest BCUT2D eigenvalue weighted by atomic mass is 10.2. The molecule has 2 aromatic rings. The molecule has 150 valence electrons. The fraction of sp³-hybridized carbons (Fsp3) is 0.263. The lowest BCUT2D eigenvalue weighted by molar-refractivity contribution is -0.121. The molecule has 0 saturated carbocycles. The molecule has 0 spiro atoms. The van der Waals surface area contributed by atoms with Crippen molar-refractivity contribution < 1.29 is 17.9 Å². The largest absolute Gasteiger partial charge is 0.495 e. The lowest BCUT2D eigenvalue weighted by Gasteiger charge is -2.18. The smallest absolute Gasteiger partial charge is 0.255 e. The number of sulfonamides is 1. The van der Waals surface area contributed by atoms with Gasteiger partial charge in [-0.05, 0) is 48.6 Å². The van der Waals surface area contributed by atoms with Gasteiger partial charge in [0.25, 0.3) is 5.91 Å². The molecule has 1 amide bonds. The number of nitrogens with one attached hydrogen (secondary N) is 1. The number of rotatable bonds is 8. The van der Waals surface area contributed by atoms with Crippen molar-refractivity contribution in [2.24, 2.45) is 5.10 Å². The van der Waals surface area contributed by atoms with Crippen LogP contribution in [-0.2, 0) is 14.8 Å². The highest BCUT2D eigenvalue weighted by molar-refractivity contribution is 7.98. The number of carbonyl (C=O) groups excluding carboxylic acids is 1. The van der Waals surface area contributed by atoms with Gasteiger partial charge in [0.05, 0.1) is 19.9 Å². The number of likely N-dealkylation sites (N-methyl/N-ethyl adjacent to an activating group) is 1. The van der Waals surface area contributed by atoms with E-state index in [1.54, 1.807) is 30.8 Å². The fourth-order valence-corrected chi connectivity index (χ4v) is 4.12. The summed E-state index contributed by atoms with van der Waals surface area (Å²) in [6.07, 6.45) is 3.49. The molecule has 0 saturated heterocycles. The maximum Gasteiger partial charge on any atom is 0.255 e. The molecule has 0 heterocycles. The predicted octanol–water partition coefficient (Wildman–Crippen LogP) is 2.50. The monoisotopic (exact) mass is 421 g/mol. The summed E-state index contributed by atoms with van der Waals surface area (Å²) in [7, 11) is -1.16. The molecular weight excluding hydrogens is 398 g/mol. The van der Waals surface area contributed by atoms with Crippen molar-refractivity contribution in [1.29, 1.82) is 0 Å². The summed E-state index contributed by atoms with van der Waals surface area (Å²) >= 11 is 1.63. The molecule has 9 heteroatoms. The van der Waals surface area contributed by atoms with E-state index in [1.165, 1.54) is 26.4 Å². The van der Waals surface area contributed by atoms with Gasteiger partial charge in [-0.1, -0.05) is 18.2 Å². The van der Waals surface area contributed by atoms with Gasteiger partial charge in [0.1, 0.15) is 10.6 Å². The first-order chi connectivity index (χ1) is 13.3. The quantitative estimate of drug-likeness (QED) is 0.402. The molecule has 7 nitrogen and oxygen atoms in total. The number of amides is 1. The van der Waals surface area contributed by atoms with Gasteiger partial charge in [-0.25, -0.2) is 13.8 Å². The molecule has 0 aliphatic rings. The summed E-state index contributed by atoms with van der Waals surface area (Å²) < 4.78 is 31.7. The summed E-state index contributed by atoms with van der Waals surface area (Å²) in [5, 5.41) is 3.88. The third-order valence-corrected chi connectivity index (χ3v) is 6.46. The molecule has 0 fully saturated rings. The Kier molecular flexibility index (Phi) is 7.61. The Morgan fingerprint density at radius 2 is 1.93 bits per heavy atom. The molecule has 1 N–H and O–H groups in total. The minimum Gasteiger partial charge on any atom is -0.495 e. The predicted molar refractivity (Wildman–Crippen MR) is 112 cm³/mol. The van der Waals surface area contributed by atoms with Crippen molar-refractivity contribution in [2.45, 2.75) is 16.7 Å². The second kappa shape index (κ2) is 9.72. The third-order valence-electron chi connectivity index (χ3n) is 3.89. The Hall–Kier alpha value is -2.36. The van der Waals surface area contributed by atoms with Crippen molar-refractivity contribution in [3.63, 3.8) is 0 Å². The average Bonchev–Trinajstić information content (AvgIpc) is 2.68. The topological polar surface area (TPSA) is 88.1 Å². The highest BCUT2D eigenvalue weighted by Gasteiger charge is 2.26. The van der Waals surface area contributed by atoms with Gasteiger partial charge in [-0.15, -0.1) is 11.8 Å². The number of hydrazone groups is 1. The number of aryl methyl sites for hydroxylation is 1. The van der Waals surface area contributed by atoms with Gasteiger partial charge in [0.2, 0.25) is 10.0 Å². The first-order valence-corrected chi connectivity index (χ1v) is 11.0. The van der Waals surface area contributed by atoms with Crippen LogP contribution in [0.3, 0.4) is 0 Å². The van der Waals surface area contributed by atoms with E-state index in [-0.39, 0.29) is 17.2 Å². The van der Waals surface area contributed by atoms with Crippen molar-refractivity contribution in [3.8, 4) is 5.75 Å². The second-order valence-corrected chi connectivity index (χ2v) is 8.87. The summed E-state index contributed by atoms with van der Waals surface area (Å²) in [6, 6.07) is 12.5. The van der Waals surface area contributed by atoms with Crippen LogP contribution in [0.2, 0.25) is 0 Å². The molecular formula is C19H23N3O4S2. The molecule has 0 atom stereocenters. The number of nitrogens with zero attached hydrogens (tertiary/aromatic N) is 2. The van der Waals surface area contributed by atoms with Crippen molar-refractivity contribution in [3.05, 3.63) is 53.6 Å². The van der Waals surface area contributed by atoms with E-state index < -0.39 is 15.9 Å². The Labute approximate surface area is 169 Å². The van der Waals surface area contributed by atoms with Crippen LogP contribution < -0.4 is 10.2 Å². The van der Waals surface area contributed by atoms with Crippen LogP contribution in [0.15, 0.2) is 57.4 Å². The van der Waals surface area contributed by atoms with E-state index in [9.17, 15) is 13.2 Å². The van der Waals surface area contributed by atoms with Crippen LogP contribution in [0.4, 0.5) is 0 Å². The standard InChI is InChI=1S/C19H23N3O4S2/c1-14-5-10-17(26-3)18(11-14)28(24,25)22(2)13-19(23)21-20-12-15-6-8-16(27-4)9-7-15/h5-12H,13H2,1-4H3,(H,21,23)/b20-12+. The number of benzene rings is 2. The minimum atomic E-state index is -3.89. The molecule has 2 aromatic carbocycles. The molecule has 0 aromatic heterocycles. The van der Waals surface area contributed by atoms with Crippen LogP contribution in [0.25, 0.3) is 0 Å². The molecule has 2 rings (SSSR count). The molecule has 0 radical (unpaired) electrons. The SMILES string of the molecule is COc1ccc(C)cc1S(=O)(=O)N(C)CC(=O)N/N=C/c1ccc(SC)cc1. The summed E-state index contributed by atoms with van der Waals surface area (Å²) in [5.41, 5.74) is 3.94. The van der Waals surface area contributed by atoms with Crippen molar-refractivity contribution in [2.75, 3.05) is 27.0 Å². The maximum absolute atomic E-state index is 12.8. The highest BCUT2D eigenvalue weighted by atomic mass is 32.2. The number of ether oxygens (including phenoxy) is 1. The van der Waals surface area contributed by atoms with E-state index in [0.29, 0.717) is 0 Å². The fourth-order valence-electron chi connectivity index (χ4n) is 2.34. The van der Waals surface area contributed by atoms with Crippen LogP contribution in [0.5, 0.6) is 5.75 Å². The van der Waals surface area contributed by atoms with Gasteiger partial charge < -0.3 is 4.74 Å². The number of carbonyl (C=O) groups is 1. The third kappa shape index (κ3) is 5.57.